The summed E-state index contributed by atoms with van der Waals surface area (Å²) in [5, 5.41) is 22.3. The van der Waals surface area contributed by atoms with Crippen LogP contribution < -0.4 is 15.0 Å². The normalized spacial score (nSPS) is 13.7. The quantitative estimate of drug-likeness (QED) is 0.374. The molecule has 2 aromatic heterocycles. The number of hydrogen-bond donors (Lipinski definition) is 1. The summed E-state index contributed by atoms with van der Waals surface area (Å²) in [4.78, 5) is 14.8. The van der Waals surface area contributed by atoms with E-state index >= 15 is 0 Å². The second-order valence-electron chi connectivity index (χ2n) is 7.59. The largest absolute Gasteiger partial charge is 0.492 e. The van der Waals surface area contributed by atoms with Crippen molar-refractivity contribution in [2.45, 2.75) is 26.3 Å². The van der Waals surface area contributed by atoms with Gasteiger partial charge in [0.2, 0.25) is 10.3 Å². The number of rotatable bonds is 8. The average molecular weight is 483 g/mol. The molecule has 1 N–H and O–H groups in total. The molecule has 33 heavy (non-hydrogen) atoms. The van der Waals surface area contributed by atoms with E-state index in [1.165, 1.54) is 11.3 Å². The molecular formula is C23H23ClN6O2S. The van der Waals surface area contributed by atoms with Gasteiger partial charge in [-0.15, -0.1) is 10.2 Å². The third kappa shape index (κ3) is 5.72. The van der Waals surface area contributed by atoms with E-state index in [1.807, 2.05) is 48.0 Å². The zero-order valence-corrected chi connectivity index (χ0v) is 19.7. The van der Waals surface area contributed by atoms with Gasteiger partial charge in [0.25, 0.3) is 5.91 Å². The molecule has 0 aliphatic carbocycles. The number of carbonyl (C=O) groups is 1. The molecule has 170 valence electrons. The second kappa shape index (κ2) is 10.5. The lowest BCUT2D eigenvalue weighted by molar-refractivity contribution is -0.112. The Balaban J connectivity index is 1.38. The molecule has 0 spiro atoms. The lowest BCUT2D eigenvalue weighted by Crippen LogP contribution is -2.17. The number of hydrogen-bond acceptors (Lipinski definition) is 7. The van der Waals surface area contributed by atoms with Crippen molar-refractivity contribution in [2.24, 2.45) is 0 Å². The van der Waals surface area contributed by atoms with Gasteiger partial charge in [-0.2, -0.15) is 5.26 Å². The Morgan fingerprint density at radius 1 is 1.33 bits per heavy atom. The van der Waals surface area contributed by atoms with Crippen LogP contribution in [-0.2, 0) is 11.3 Å². The highest BCUT2D eigenvalue weighted by Crippen LogP contribution is 2.27. The highest BCUT2D eigenvalue weighted by Gasteiger charge is 2.18. The molecule has 3 aromatic rings. The van der Waals surface area contributed by atoms with Crippen molar-refractivity contribution in [3.05, 3.63) is 58.4 Å². The zero-order chi connectivity index (χ0) is 23.2. The van der Waals surface area contributed by atoms with Crippen LogP contribution in [0.1, 0.15) is 24.1 Å². The number of ether oxygens (including phenoxy) is 1. The maximum atomic E-state index is 12.6. The third-order valence-corrected chi connectivity index (χ3v) is 6.59. The van der Waals surface area contributed by atoms with Gasteiger partial charge in [0.1, 0.15) is 24.0 Å². The molecule has 1 aliphatic rings. The molecule has 0 saturated carbocycles. The predicted molar refractivity (Wildman–Crippen MR) is 130 cm³/mol. The summed E-state index contributed by atoms with van der Waals surface area (Å²) < 4.78 is 7.73. The molecule has 0 unspecified atom stereocenters. The molecule has 10 heteroatoms. The van der Waals surface area contributed by atoms with Crippen molar-refractivity contribution in [1.82, 2.24) is 14.8 Å². The Morgan fingerprint density at radius 3 is 2.91 bits per heavy atom. The highest BCUT2D eigenvalue weighted by molar-refractivity contribution is 7.19. The van der Waals surface area contributed by atoms with Crippen LogP contribution in [-0.4, -0.2) is 40.4 Å². The minimum atomic E-state index is -0.512. The molecule has 0 radical (unpaired) electrons. The highest BCUT2D eigenvalue weighted by atomic mass is 35.5. The van der Waals surface area contributed by atoms with Gasteiger partial charge in [-0.3, -0.25) is 10.1 Å². The average Bonchev–Trinajstić information content (AvgIpc) is 3.56. The molecule has 3 heterocycles. The zero-order valence-electron chi connectivity index (χ0n) is 18.1. The summed E-state index contributed by atoms with van der Waals surface area (Å²) in [5.41, 5.74) is 1.67. The summed E-state index contributed by atoms with van der Waals surface area (Å²) in [6, 6.07) is 11.2. The minimum absolute atomic E-state index is 0.0119. The molecule has 8 nitrogen and oxygen atoms in total. The minimum Gasteiger partial charge on any atom is -0.492 e. The molecular weight excluding hydrogens is 460 g/mol. The molecule has 1 aliphatic heterocycles. The first-order chi connectivity index (χ1) is 16.0. The maximum Gasteiger partial charge on any atom is 0.268 e. The van der Waals surface area contributed by atoms with Crippen LogP contribution in [0.4, 0.5) is 10.3 Å². The second-order valence-corrected chi connectivity index (χ2v) is 8.96. The molecule has 1 saturated heterocycles. The van der Waals surface area contributed by atoms with Gasteiger partial charge in [0.15, 0.2) is 0 Å². The van der Waals surface area contributed by atoms with Gasteiger partial charge in [-0.1, -0.05) is 22.9 Å². The number of aryl methyl sites for hydroxylation is 1. The van der Waals surface area contributed by atoms with Gasteiger partial charge >= 0.3 is 0 Å². The van der Waals surface area contributed by atoms with Crippen molar-refractivity contribution in [1.29, 1.82) is 5.26 Å². The van der Waals surface area contributed by atoms with Crippen LogP contribution in [0, 0.1) is 18.3 Å². The first-order valence-electron chi connectivity index (χ1n) is 10.6. The van der Waals surface area contributed by atoms with Gasteiger partial charge in [-0.05, 0) is 61.7 Å². The van der Waals surface area contributed by atoms with Gasteiger partial charge in [0, 0.05) is 30.0 Å². The Bertz CT molecular complexity index is 1210. The number of carbonyl (C=O) groups excluding carboxylic acids is 1. The van der Waals surface area contributed by atoms with Gasteiger partial charge in [-0.25, -0.2) is 0 Å². The number of nitriles is 1. The van der Waals surface area contributed by atoms with Crippen molar-refractivity contribution in [2.75, 3.05) is 29.9 Å². The van der Waals surface area contributed by atoms with E-state index < -0.39 is 5.91 Å². The van der Waals surface area contributed by atoms with Crippen molar-refractivity contribution >= 4 is 45.2 Å². The molecule has 4 rings (SSSR count). The Hall–Kier alpha value is -3.35. The molecule has 1 fully saturated rings. The smallest absolute Gasteiger partial charge is 0.268 e. The fourth-order valence-electron chi connectivity index (χ4n) is 3.49. The molecule has 1 amide bonds. The van der Waals surface area contributed by atoms with E-state index in [2.05, 4.69) is 20.4 Å². The summed E-state index contributed by atoms with van der Waals surface area (Å²) in [5.74, 6) is 0.228. The maximum absolute atomic E-state index is 12.6. The molecule has 0 atom stereocenters. The summed E-state index contributed by atoms with van der Waals surface area (Å²) in [7, 11) is 0. The number of benzene rings is 1. The van der Waals surface area contributed by atoms with E-state index in [-0.39, 0.29) is 5.57 Å². The number of aromatic nitrogens is 3. The summed E-state index contributed by atoms with van der Waals surface area (Å²) in [6.07, 6.45) is 5.70. The third-order valence-electron chi connectivity index (χ3n) is 5.26. The van der Waals surface area contributed by atoms with E-state index in [9.17, 15) is 10.1 Å². The number of nitrogens with zero attached hydrogens (tertiary/aromatic N) is 5. The van der Waals surface area contributed by atoms with E-state index in [0.717, 1.165) is 48.1 Å². The topological polar surface area (TPSA) is 96.1 Å². The Labute approximate surface area is 201 Å². The van der Waals surface area contributed by atoms with Crippen LogP contribution in [0.2, 0.25) is 5.02 Å². The van der Waals surface area contributed by atoms with Gasteiger partial charge < -0.3 is 14.2 Å². The first-order valence-corrected chi connectivity index (χ1v) is 11.8. The van der Waals surface area contributed by atoms with E-state index in [0.29, 0.717) is 23.3 Å². The van der Waals surface area contributed by atoms with Crippen LogP contribution >= 0.6 is 22.9 Å². The van der Waals surface area contributed by atoms with Crippen LogP contribution in [0.5, 0.6) is 5.75 Å². The predicted octanol–water partition coefficient (Wildman–Crippen LogP) is 4.53. The number of amides is 1. The first kappa shape index (κ1) is 22.8. The lowest BCUT2D eigenvalue weighted by atomic mass is 10.2. The van der Waals surface area contributed by atoms with Crippen molar-refractivity contribution < 1.29 is 9.53 Å². The van der Waals surface area contributed by atoms with Crippen molar-refractivity contribution in [3.63, 3.8) is 0 Å². The monoisotopic (exact) mass is 482 g/mol. The fraction of sp³-hybridized carbons (Fsp3) is 0.304. The summed E-state index contributed by atoms with van der Waals surface area (Å²) >= 11 is 7.37. The Kier molecular flexibility index (Phi) is 7.27. The van der Waals surface area contributed by atoms with Crippen LogP contribution in [0.15, 0.2) is 42.1 Å². The van der Waals surface area contributed by atoms with E-state index in [1.54, 1.807) is 12.1 Å². The number of nitrogens with one attached hydrogen (secondary N) is 1. The fourth-order valence-corrected chi connectivity index (χ4v) is 4.40. The van der Waals surface area contributed by atoms with E-state index in [4.69, 9.17) is 16.3 Å². The molecule has 0 bridgehead atoms. The molecule has 1 aromatic carbocycles. The standard InChI is InChI=1S/C23H23ClN6O2S/c1-16-13-19(6-7-20(16)24)32-12-11-29-10-4-5-18(29)14-17(15-25)21(31)26-22-27-28-23(33-22)30-8-2-3-9-30/h4-7,10,13-14H,2-3,8-9,11-12H2,1H3,(H,26,27,31)/b17-14-. The van der Waals surface area contributed by atoms with Gasteiger partial charge in [0.05, 0.1) is 6.54 Å². The SMILES string of the molecule is Cc1cc(OCCn2cccc2/C=C(/C#N)C(=O)Nc2nnc(N3CCCC3)s2)ccc1Cl. The van der Waals surface area contributed by atoms with Crippen LogP contribution in [0.25, 0.3) is 6.08 Å². The summed E-state index contributed by atoms with van der Waals surface area (Å²) in [6.45, 7) is 4.80. The van der Waals surface area contributed by atoms with Crippen LogP contribution in [0.3, 0.4) is 0 Å². The number of anilines is 2. The lowest BCUT2D eigenvalue weighted by Gasteiger charge is -2.11. The van der Waals surface area contributed by atoms with Crippen molar-refractivity contribution in [3.8, 4) is 11.8 Å². The number of halogens is 1. The Morgan fingerprint density at radius 2 is 2.15 bits per heavy atom.